The van der Waals surface area contributed by atoms with Crippen molar-refractivity contribution in [3.05, 3.63) is 35.4 Å². The van der Waals surface area contributed by atoms with Gasteiger partial charge in [-0.3, -0.25) is 19.2 Å². The summed E-state index contributed by atoms with van der Waals surface area (Å²) >= 11 is 0. The standard InChI is InChI=1S/C31H47N5O4/c1-19(2)28(37)33-23-17-26(30(39)34-25-16-10-14-21-11-8-9-15-24(21)25)36(18-23)31(40)27(22-12-6-5-7-13-22)35-29(38)20(3)32-4/h8-9,11,15,19-20,22-23,25-27,32H,5-7,10,12-14,16-18H2,1-4H3,(H,33,37)(H,34,39)(H,35,38)/t20?,23-,25+,26-,27-/m0/s1. The third-order valence-electron chi connectivity index (χ3n) is 8.95. The number of carbonyl (C=O) groups excluding carboxylic acids is 4. The highest BCUT2D eigenvalue weighted by Gasteiger charge is 2.45. The van der Waals surface area contributed by atoms with E-state index in [0.29, 0.717) is 6.42 Å². The van der Waals surface area contributed by atoms with Crippen LogP contribution in [0.5, 0.6) is 0 Å². The molecule has 0 radical (unpaired) electrons. The highest BCUT2D eigenvalue weighted by molar-refractivity contribution is 5.94. The topological polar surface area (TPSA) is 120 Å². The van der Waals surface area contributed by atoms with Crippen molar-refractivity contribution in [3.63, 3.8) is 0 Å². The van der Waals surface area contributed by atoms with E-state index in [1.807, 2.05) is 26.0 Å². The molecule has 0 bridgehead atoms. The maximum absolute atomic E-state index is 14.3. The van der Waals surface area contributed by atoms with E-state index in [4.69, 9.17) is 0 Å². The Morgan fingerprint density at radius 2 is 1.62 bits per heavy atom. The molecule has 0 spiro atoms. The summed E-state index contributed by atoms with van der Waals surface area (Å²) in [7, 11) is 1.72. The van der Waals surface area contributed by atoms with Gasteiger partial charge in [-0.2, -0.15) is 0 Å². The van der Waals surface area contributed by atoms with Crippen LogP contribution in [-0.4, -0.2) is 66.3 Å². The maximum atomic E-state index is 14.3. The van der Waals surface area contributed by atoms with Gasteiger partial charge in [0.1, 0.15) is 12.1 Å². The normalized spacial score (nSPS) is 24.6. The lowest BCUT2D eigenvalue weighted by atomic mass is 9.83. The summed E-state index contributed by atoms with van der Waals surface area (Å²) in [6.07, 6.45) is 8.06. The van der Waals surface area contributed by atoms with E-state index in [1.54, 1.807) is 18.9 Å². The highest BCUT2D eigenvalue weighted by atomic mass is 16.2. The number of likely N-dealkylation sites (N-methyl/N-ethyl adjacent to an activating group) is 1. The minimum atomic E-state index is -0.719. The smallest absolute Gasteiger partial charge is 0.246 e. The summed E-state index contributed by atoms with van der Waals surface area (Å²) in [6, 6.07) is 5.91. The first-order chi connectivity index (χ1) is 19.2. The SMILES string of the molecule is CNC(C)C(=O)N[C@H](C(=O)N1C[C@@H](NC(=O)C(C)C)C[C@H]1C(=O)N[C@@H]1CCCc2ccccc21)C1CCCCC1. The van der Waals surface area contributed by atoms with E-state index < -0.39 is 18.1 Å². The van der Waals surface area contributed by atoms with Crippen LogP contribution in [-0.2, 0) is 25.6 Å². The van der Waals surface area contributed by atoms with Gasteiger partial charge in [0, 0.05) is 18.5 Å². The minimum Gasteiger partial charge on any atom is -0.351 e. The molecule has 220 valence electrons. The second-order valence-electron chi connectivity index (χ2n) is 12.1. The zero-order valence-corrected chi connectivity index (χ0v) is 24.5. The predicted octanol–water partition coefficient (Wildman–Crippen LogP) is 2.59. The molecule has 5 atom stereocenters. The molecule has 4 rings (SSSR count). The molecule has 1 heterocycles. The Kier molecular flexibility index (Phi) is 10.2. The van der Waals surface area contributed by atoms with Gasteiger partial charge in [0.25, 0.3) is 0 Å². The van der Waals surface area contributed by atoms with Crippen LogP contribution in [0.25, 0.3) is 0 Å². The quantitative estimate of drug-likeness (QED) is 0.375. The first-order valence-electron chi connectivity index (χ1n) is 15.2. The Morgan fingerprint density at radius 3 is 2.33 bits per heavy atom. The fraction of sp³-hybridized carbons (Fsp3) is 0.677. The fourth-order valence-corrected chi connectivity index (χ4v) is 6.41. The van der Waals surface area contributed by atoms with Gasteiger partial charge in [-0.1, -0.05) is 57.4 Å². The summed E-state index contributed by atoms with van der Waals surface area (Å²) in [4.78, 5) is 55.3. The number of hydrogen-bond acceptors (Lipinski definition) is 5. The summed E-state index contributed by atoms with van der Waals surface area (Å²) in [5.74, 6) is -0.932. The molecule has 9 heteroatoms. The molecule has 1 saturated heterocycles. The van der Waals surface area contributed by atoms with Gasteiger partial charge >= 0.3 is 0 Å². The van der Waals surface area contributed by atoms with E-state index >= 15 is 0 Å². The van der Waals surface area contributed by atoms with Gasteiger partial charge in [0.2, 0.25) is 23.6 Å². The Bertz CT molecular complexity index is 1070. The number of likely N-dealkylation sites (tertiary alicyclic amines) is 1. The molecule has 1 aromatic rings. The molecule has 2 aliphatic carbocycles. The molecule has 40 heavy (non-hydrogen) atoms. The van der Waals surface area contributed by atoms with Crippen molar-refractivity contribution >= 4 is 23.6 Å². The lowest BCUT2D eigenvalue weighted by Crippen LogP contribution is -2.58. The Morgan fingerprint density at radius 1 is 0.900 bits per heavy atom. The Balaban J connectivity index is 1.58. The van der Waals surface area contributed by atoms with Crippen LogP contribution >= 0.6 is 0 Å². The third kappa shape index (κ3) is 7.03. The molecular weight excluding hydrogens is 506 g/mol. The molecule has 9 nitrogen and oxygen atoms in total. The number of carbonyl (C=O) groups is 4. The zero-order chi connectivity index (χ0) is 28.8. The van der Waals surface area contributed by atoms with Crippen LogP contribution in [0.1, 0.15) is 89.3 Å². The summed E-state index contributed by atoms with van der Waals surface area (Å²) in [6.45, 7) is 5.67. The van der Waals surface area contributed by atoms with Gasteiger partial charge in [0.05, 0.1) is 12.1 Å². The van der Waals surface area contributed by atoms with Crippen LogP contribution in [0, 0.1) is 11.8 Å². The largest absolute Gasteiger partial charge is 0.351 e. The van der Waals surface area contributed by atoms with Crippen molar-refractivity contribution in [3.8, 4) is 0 Å². The molecule has 2 fully saturated rings. The minimum absolute atomic E-state index is 0.0208. The molecule has 4 N–H and O–H groups in total. The van der Waals surface area contributed by atoms with Gasteiger partial charge < -0.3 is 26.2 Å². The molecule has 3 aliphatic rings. The number of hydrogen-bond donors (Lipinski definition) is 4. The van der Waals surface area contributed by atoms with Crippen LogP contribution in [0.3, 0.4) is 0 Å². The number of amides is 4. The van der Waals surface area contributed by atoms with Crippen LogP contribution in [0.2, 0.25) is 0 Å². The van der Waals surface area contributed by atoms with Gasteiger partial charge in [-0.25, -0.2) is 0 Å². The molecule has 4 amide bonds. The van der Waals surface area contributed by atoms with Crippen LogP contribution in [0.15, 0.2) is 24.3 Å². The first kappa shape index (κ1) is 30.0. The zero-order valence-electron chi connectivity index (χ0n) is 24.5. The van der Waals surface area contributed by atoms with Crippen molar-refractivity contribution in [1.29, 1.82) is 0 Å². The average molecular weight is 554 g/mol. The van der Waals surface area contributed by atoms with Gasteiger partial charge in [0.15, 0.2) is 0 Å². The first-order valence-corrected chi connectivity index (χ1v) is 15.2. The predicted molar refractivity (Wildman–Crippen MR) is 154 cm³/mol. The number of nitrogens with one attached hydrogen (secondary N) is 4. The van der Waals surface area contributed by atoms with E-state index in [1.165, 1.54) is 5.56 Å². The molecule has 1 aliphatic heterocycles. The van der Waals surface area contributed by atoms with Crippen molar-refractivity contribution in [1.82, 2.24) is 26.2 Å². The monoisotopic (exact) mass is 553 g/mol. The number of rotatable bonds is 9. The summed E-state index contributed by atoms with van der Waals surface area (Å²) in [5, 5.41) is 12.3. The fourth-order valence-electron chi connectivity index (χ4n) is 6.41. The highest BCUT2D eigenvalue weighted by Crippen LogP contribution is 2.32. The van der Waals surface area contributed by atoms with Gasteiger partial charge in [-0.15, -0.1) is 0 Å². The molecule has 0 aromatic heterocycles. The van der Waals surface area contributed by atoms with Gasteiger partial charge in [-0.05, 0) is 69.5 Å². The van der Waals surface area contributed by atoms with E-state index in [0.717, 1.165) is 56.9 Å². The number of benzene rings is 1. The van der Waals surface area contributed by atoms with Crippen LogP contribution < -0.4 is 21.3 Å². The molecule has 1 aromatic carbocycles. The van der Waals surface area contributed by atoms with E-state index in [2.05, 4.69) is 33.4 Å². The van der Waals surface area contributed by atoms with Crippen molar-refractivity contribution in [2.45, 2.75) is 109 Å². The molecule has 1 unspecified atom stereocenters. The number of aryl methyl sites for hydroxylation is 1. The van der Waals surface area contributed by atoms with Crippen LogP contribution in [0.4, 0.5) is 0 Å². The summed E-state index contributed by atoms with van der Waals surface area (Å²) in [5.41, 5.74) is 2.38. The number of fused-ring (bicyclic) bond motifs is 1. The second kappa shape index (κ2) is 13.6. The van der Waals surface area contributed by atoms with Crippen molar-refractivity contribution in [2.24, 2.45) is 11.8 Å². The van der Waals surface area contributed by atoms with E-state index in [9.17, 15) is 19.2 Å². The lowest BCUT2D eigenvalue weighted by molar-refractivity contribution is -0.143. The second-order valence-corrected chi connectivity index (χ2v) is 12.1. The lowest BCUT2D eigenvalue weighted by Gasteiger charge is -2.35. The number of nitrogens with zero attached hydrogens (tertiary/aromatic N) is 1. The maximum Gasteiger partial charge on any atom is 0.246 e. The summed E-state index contributed by atoms with van der Waals surface area (Å²) < 4.78 is 0. The van der Waals surface area contributed by atoms with E-state index in [-0.39, 0.29) is 54.1 Å². The average Bonchev–Trinajstić information content (AvgIpc) is 3.39. The third-order valence-corrected chi connectivity index (χ3v) is 8.95. The Labute approximate surface area is 238 Å². The molecular formula is C31H47N5O4. The van der Waals surface area contributed by atoms with Crippen molar-refractivity contribution < 1.29 is 19.2 Å². The van der Waals surface area contributed by atoms with Crippen molar-refractivity contribution in [2.75, 3.05) is 13.6 Å². The molecule has 1 saturated carbocycles. The Hall–Kier alpha value is -2.94.